The number of fused-ring (bicyclic) bond motifs is 1. The number of rotatable bonds is 1. The quantitative estimate of drug-likeness (QED) is 0.562. The molecule has 0 fully saturated rings. The largest absolute Gasteiger partial charge is 0.313 e. The zero-order chi connectivity index (χ0) is 13.3. The molecule has 1 aromatic carbocycles. The van der Waals surface area contributed by atoms with Gasteiger partial charge in [-0.05, 0) is 31.4 Å². The zero-order valence-corrected chi connectivity index (χ0v) is 9.77. The van der Waals surface area contributed by atoms with Gasteiger partial charge in [0.05, 0.1) is 12.1 Å². The van der Waals surface area contributed by atoms with E-state index in [1.165, 1.54) is 11.0 Å². The predicted molar refractivity (Wildman–Crippen MR) is 63.7 cm³/mol. The van der Waals surface area contributed by atoms with Gasteiger partial charge < -0.3 is 4.90 Å². The average Bonchev–Trinajstić information content (AvgIpc) is 2.38. The van der Waals surface area contributed by atoms with Crippen molar-refractivity contribution < 1.29 is 9.18 Å². The number of halogens is 1. The summed E-state index contributed by atoms with van der Waals surface area (Å²) in [5.41, 5.74) is 0.670. The third-order valence-corrected chi connectivity index (χ3v) is 3.24. The number of carbonyl (C=O) groups is 1. The standard InChI is InChI=1S/C13H10FN3O/c1-8-3-4-9-10(6-15)13(14)11(16-2)5-12(9)17(8)7-18/h5,7-8H,3-4H2,1H3. The molecule has 1 amide bonds. The van der Waals surface area contributed by atoms with Crippen molar-refractivity contribution >= 4 is 17.8 Å². The van der Waals surface area contributed by atoms with Crippen LogP contribution in [0.5, 0.6) is 0 Å². The molecule has 90 valence electrons. The van der Waals surface area contributed by atoms with E-state index < -0.39 is 5.82 Å². The van der Waals surface area contributed by atoms with E-state index in [1.807, 2.05) is 6.92 Å². The van der Waals surface area contributed by atoms with Crippen molar-refractivity contribution in [2.45, 2.75) is 25.8 Å². The average molecular weight is 243 g/mol. The van der Waals surface area contributed by atoms with Crippen LogP contribution in [0.1, 0.15) is 24.5 Å². The van der Waals surface area contributed by atoms with Gasteiger partial charge in [-0.1, -0.05) is 0 Å². The lowest BCUT2D eigenvalue weighted by molar-refractivity contribution is -0.107. The molecule has 4 nitrogen and oxygen atoms in total. The van der Waals surface area contributed by atoms with Crippen molar-refractivity contribution in [3.8, 4) is 6.07 Å². The van der Waals surface area contributed by atoms with Crippen molar-refractivity contribution in [2.75, 3.05) is 4.90 Å². The Morgan fingerprint density at radius 3 is 3.00 bits per heavy atom. The fraction of sp³-hybridized carbons (Fsp3) is 0.308. The maximum Gasteiger partial charge on any atom is 0.225 e. The summed E-state index contributed by atoms with van der Waals surface area (Å²) in [5, 5.41) is 9.02. The summed E-state index contributed by atoms with van der Waals surface area (Å²) in [6, 6.07) is 3.14. The van der Waals surface area contributed by atoms with Gasteiger partial charge in [0, 0.05) is 11.7 Å². The van der Waals surface area contributed by atoms with Gasteiger partial charge in [-0.15, -0.1) is 0 Å². The highest BCUT2D eigenvalue weighted by Crippen LogP contribution is 2.37. The number of carbonyl (C=O) groups excluding carboxylic acids is 1. The van der Waals surface area contributed by atoms with E-state index in [1.54, 1.807) is 6.07 Å². The molecule has 0 saturated heterocycles. The van der Waals surface area contributed by atoms with Crippen LogP contribution in [-0.2, 0) is 11.2 Å². The number of benzene rings is 1. The minimum absolute atomic E-state index is 0.00872. The van der Waals surface area contributed by atoms with E-state index in [9.17, 15) is 9.18 Å². The number of hydrogen-bond donors (Lipinski definition) is 0. The van der Waals surface area contributed by atoms with E-state index in [4.69, 9.17) is 11.8 Å². The van der Waals surface area contributed by atoms with Crippen LogP contribution in [0, 0.1) is 23.7 Å². The second-order valence-corrected chi connectivity index (χ2v) is 4.21. The highest BCUT2D eigenvalue weighted by molar-refractivity contribution is 5.83. The number of anilines is 1. The van der Waals surface area contributed by atoms with Crippen LogP contribution in [-0.4, -0.2) is 12.5 Å². The molecule has 1 aliphatic rings. The predicted octanol–water partition coefficient (Wildman–Crippen LogP) is 2.55. The molecule has 0 radical (unpaired) electrons. The molecule has 0 aromatic heterocycles. The Bertz CT molecular complexity index is 598. The molecule has 1 heterocycles. The van der Waals surface area contributed by atoms with Gasteiger partial charge in [0.15, 0.2) is 0 Å². The molecule has 2 rings (SSSR count). The van der Waals surface area contributed by atoms with Gasteiger partial charge in [-0.3, -0.25) is 4.79 Å². The monoisotopic (exact) mass is 243 g/mol. The van der Waals surface area contributed by atoms with Crippen LogP contribution in [0.2, 0.25) is 0 Å². The van der Waals surface area contributed by atoms with Crippen LogP contribution in [0.25, 0.3) is 4.85 Å². The zero-order valence-electron chi connectivity index (χ0n) is 9.77. The molecule has 0 aliphatic carbocycles. The topological polar surface area (TPSA) is 48.5 Å². The van der Waals surface area contributed by atoms with Crippen molar-refractivity contribution in [3.05, 3.63) is 34.4 Å². The minimum atomic E-state index is -0.786. The van der Waals surface area contributed by atoms with Gasteiger partial charge in [0.25, 0.3) is 0 Å². The van der Waals surface area contributed by atoms with E-state index in [0.717, 1.165) is 0 Å². The number of hydrogen-bond acceptors (Lipinski definition) is 2. The highest BCUT2D eigenvalue weighted by atomic mass is 19.1. The first-order chi connectivity index (χ1) is 8.63. The third kappa shape index (κ3) is 1.61. The molecule has 1 atom stereocenters. The van der Waals surface area contributed by atoms with Crippen LogP contribution >= 0.6 is 0 Å². The fourth-order valence-corrected chi connectivity index (χ4v) is 2.24. The maximum absolute atomic E-state index is 13.8. The van der Waals surface area contributed by atoms with Crippen molar-refractivity contribution in [1.29, 1.82) is 5.26 Å². The highest BCUT2D eigenvalue weighted by Gasteiger charge is 2.28. The Morgan fingerprint density at radius 1 is 1.72 bits per heavy atom. The smallest absolute Gasteiger partial charge is 0.225 e. The van der Waals surface area contributed by atoms with Crippen LogP contribution in [0.15, 0.2) is 6.07 Å². The Balaban J connectivity index is 2.75. The minimum Gasteiger partial charge on any atom is -0.313 e. The summed E-state index contributed by atoms with van der Waals surface area (Å²) in [6.45, 7) is 8.79. The second-order valence-electron chi connectivity index (χ2n) is 4.21. The molecule has 1 aromatic rings. The summed E-state index contributed by atoms with van der Waals surface area (Å²) in [4.78, 5) is 15.6. The first-order valence-corrected chi connectivity index (χ1v) is 5.50. The second kappa shape index (κ2) is 4.46. The van der Waals surface area contributed by atoms with Crippen molar-refractivity contribution in [1.82, 2.24) is 0 Å². The van der Waals surface area contributed by atoms with Crippen LogP contribution in [0.3, 0.4) is 0 Å². The lowest BCUT2D eigenvalue weighted by Gasteiger charge is -2.33. The van der Waals surface area contributed by atoms with Gasteiger partial charge in [-0.2, -0.15) is 5.26 Å². The molecule has 1 unspecified atom stereocenters. The third-order valence-electron chi connectivity index (χ3n) is 3.24. The van der Waals surface area contributed by atoms with Crippen molar-refractivity contribution in [3.63, 3.8) is 0 Å². The first kappa shape index (κ1) is 12.1. The Kier molecular flexibility index (Phi) is 2.99. The van der Waals surface area contributed by atoms with Crippen molar-refractivity contribution in [2.24, 2.45) is 0 Å². The van der Waals surface area contributed by atoms with E-state index in [0.29, 0.717) is 30.5 Å². The fourth-order valence-electron chi connectivity index (χ4n) is 2.24. The molecule has 0 N–H and O–H groups in total. The lowest BCUT2D eigenvalue weighted by atomic mass is 9.92. The Hall–Kier alpha value is -2.40. The lowest BCUT2D eigenvalue weighted by Crippen LogP contribution is -2.36. The molecule has 0 bridgehead atoms. The molecule has 0 spiro atoms. The maximum atomic E-state index is 13.8. The van der Waals surface area contributed by atoms with E-state index >= 15 is 0 Å². The summed E-state index contributed by atoms with van der Waals surface area (Å²) in [7, 11) is 0. The Labute approximate surface area is 104 Å². The summed E-state index contributed by atoms with van der Waals surface area (Å²) >= 11 is 0. The van der Waals surface area contributed by atoms with Crippen LogP contribution < -0.4 is 4.90 Å². The molecule has 5 heteroatoms. The van der Waals surface area contributed by atoms with Gasteiger partial charge in [-0.25, -0.2) is 9.24 Å². The summed E-state index contributed by atoms with van der Waals surface area (Å²) in [5.74, 6) is -0.786. The number of amides is 1. The van der Waals surface area contributed by atoms with Gasteiger partial charge >= 0.3 is 0 Å². The molecule has 0 saturated carbocycles. The first-order valence-electron chi connectivity index (χ1n) is 5.50. The van der Waals surface area contributed by atoms with Gasteiger partial charge in [0.2, 0.25) is 12.1 Å². The summed E-state index contributed by atoms with van der Waals surface area (Å²) in [6.07, 6.45) is 1.88. The van der Waals surface area contributed by atoms with Gasteiger partial charge in [0.1, 0.15) is 11.9 Å². The SMILES string of the molecule is [C-]#[N+]c1cc2c(c(C#N)c1F)CCC(C)N2C=O. The number of nitriles is 1. The molecular weight excluding hydrogens is 233 g/mol. The normalized spacial score (nSPS) is 17.6. The molecule has 18 heavy (non-hydrogen) atoms. The van der Waals surface area contributed by atoms with E-state index in [-0.39, 0.29) is 17.3 Å². The van der Waals surface area contributed by atoms with Crippen LogP contribution in [0.4, 0.5) is 15.8 Å². The summed E-state index contributed by atoms with van der Waals surface area (Å²) < 4.78 is 13.8. The molecular formula is C13H10FN3O. The van der Waals surface area contributed by atoms with E-state index in [2.05, 4.69) is 4.85 Å². The number of nitrogens with zero attached hydrogens (tertiary/aromatic N) is 3. The molecule has 1 aliphatic heterocycles. The Morgan fingerprint density at radius 2 is 2.44 bits per heavy atom.